The molecule has 0 bridgehead atoms. The van der Waals surface area contributed by atoms with Gasteiger partial charge in [-0.1, -0.05) is 12.1 Å². The molecule has 138 valence electrons. The van der Waals surface area contributed by atoms with E-state index < -0.39 is 4.92 Å². The quantitative estimate of drug-likeness (QED) is 0.439. The molecule has 0 radical (unpaired) electrons. The molecule has 0 saturated carbocycles. The summed E-state index contributed by atoms with van der Waals surface area (Å²) in [5, 5.41) is 13.7. The Kier molecular flexibility index (Phi) is 6.72. The molecule has 0 spiro atoms. The highest BCUT2D eigenvalue weighted by molar-refractivity contribution is 5.94. The maximum atomic E-state index is 12.1. The first-order chi connectivity index (χ1) is 12.4. The third kappa shape index (κ3) is 5.58. The molecular formula is C20H24N2O4. The second-order valence-electron chi connectivity index (χ2n) is 6.43. The maximum absolute atomic E-state index is 12.1. The van der Waals surface area contributed by atoms with Gasteiger partial charge in [0.2, 0.25) is 0 Å². The summed E-state index contributed by atoms with van der Waals surface area (Å²) in [6, 6.07) is 12.3. The van der Waals surface area contributed by atoms with Crippen LogP contribution in [-0.4, -0.2) is 23.5 Å². The molecule has 2 rings (SSSR count). The molecule has 0 aromatic heterocycles. The van der Waals surface area contributed by atoms with Crippen LogP contribution in [0.2, 0.25) is 0 Å². The Morgan fingerprint density at radius 1 is 1.19 bits per heavy atom. The molecule has 1 N–H and O–H groups in total. The van der Waals surface area contributed by atoms with E-state index in [0.717, 1.165) is 18.6 Å². The highest BCUT2D eigenvalue weighted by atomic mass is 16.6. The number of nitrogens with one attached hydrogen (secondary N) is 1. The number of nitrogens with zero attached hydrogens (tertiary/aromatic N) is 1. The predicted molar refractivity (Wildman–Crippen MR) is 101 cm³/mol. The van der Waals surface area contributed by atoms with E-state index in [4.69, 9.17) is 4.74 Å². The molecule has 6 heteroatoms. The standard InChI is InChI=1S/C20H24N2O4/c1-14(2)26-18-9-6-16(7-10-18)5-4-12-21-20(23)17-8-11-19(22(24)25)15(3)13-17/h6-11,13-14H,4-5,12H2,1-3H3,(H,21,23). The predicted octanol–water partition coefficient (Wildman–Crippen LogP) is 4.05. The number of aryl methyl sites for hydroxylation is 2. The third-order valence-corrected chi connectivity index (χ3v) is 3.88. The Labute approximate surface area is 153 Å². The number of amides is 1. The second-order valence-corrected chi connectivity index (χ2v) is 6.43. The van der Waals surface area contributed by atoms with E-state index in [1.165, 1.54) is 17.7 Å². The van der Waals surface area contributed by atoms with E-state index >= 15 is 0 Å². The molecule has 0 unspecified atom stereocenters. The lowest BCUT2D eigenvalue weighted by Crippen LogP contribution is -2.24. The summed E-state index contributed by atoms with van der Waals surface area (Å²) in [5.41, 5.74) is 2.11. The van der Waals surface area contributed by atoms with E-state index in [9.17, 15) is 14.9 Å². The maximum Gasteiger partial charge on any atom is 0.272 e. The number of hydrogen-bond donors (Lipinski definition) is 1. The van der Waals surface area contributed by atoms with Crippen LogP contribution in [0.15, 0.2) is 42.5 Å². The molecule has 2 aromatic rings. The van der Waals surface area contributed by atoms with Crippen molar-refractivity contribution >= 4 is 11.6 Å². The van der Waals surface area contributed by atoms with Crippen molar-refractivity contribution in [2.75, 3.05) is 6.54 Å². The fraction of sp³-hybridized carbons (Fsp3) is 0.350. The molecule has 0 saturated heterocycles. The fourth-order valence-electron chi connectivity index (χ4n) is 2.60. The SMILES string of the molecule is Cc1cc(C(=O)NCCCc2ccc(OC(C)C)cc2)ccc1[N+](=O)[O-]. The van der Waals surface area contributed by atoms with Crippen LogP contribution in [0.4, 0.5) is 5.69 Å². The van der Waals surface area contributed by atoms with Crippen LogP contribution >= 0.6 is 0 Å². The number of nitro benzene ring substituents is 1. The summed E-state index contributed by atoms with van der Waals surface area (Å²) >= 11 is 0. The lowest BCUT2D eigenvalue weighted by Gasteiger charge is -2.10. The number of carbonyl (C=O) groups excluding carboxylic acids is 1. The van der Waals surface area contributed by atoms with Gasteiger partial charge in [-0.25, -0.2) is 0 Å². The van der Waals surface area contributed by atoms with Gasteiger partial charge < -0.3 is 10.1 Å². The first-order valence-electron chi connectivity index (χ1n) is 8.65. The van der Waals surface area contributed by atoms with Crippen molar-refractivity contribution < 1.29 is 14.5 Å². The summed E-state index contributed by atoms with van der Waals surface area (Å²) < 4.78 is 5.61. The van der Waals surface area contributed by atoms with Crippen molar-refractivity contribution in [3.05, 3.63) is 69.3 Å². The fourth-order valence-corrected chi connectivity index (χ4v) is 2.60. The van der Waals surface area contributed by atoms with Gasteiger partial charge in [0.15, 0.2) is 0 Å². The summed E-state index contributed by atoms with van der Waals surface area (Å²) in [6.07, 6.45) is 1.81. The molecule has 26 heavy (non-hydrogen) atoms. The van der Waals surface area contributed by atoms with Crippen LogP contribution in [-0.2, 0) is 6.42 Å². The number of ether oxygens (including phenoxy) is 1. The Bertz CT molecular complexity index is 770. The Morgan fingerprint density at radius 2 is 1.88 bits per heavy atom. The van der Waals surface area contributed by atoms with E-state index in [0.29, 0.717) is 17.7 Å². The van der Waals surface area contributed by atoms with Crippen LogP contribution in [0.1, 0.15) is 41.8 Å². The number of hydrogen-bond acceptors (Lipinski definition) is 4. The molecule has 0 aliphatic rings. The lowest BCUT2D eigenvalue weighted by atomic mass is 10.1. The molecular weight excluding hydrogens is 332 g/mol. The minimum atomic E-state index is -0.450. The van der Waals surface area contributed by atoms with Gasteiger partial charge in [-0.05, 0) is 63.4 Å². The smallest absolute Gasteiger partial charge is 0.272 e. The summed E-state index contributed by atoms with van der Waals surface area (Å²) in [7, 11) is 0. The highest BCUT2D eigenvalue weighted by Crippen LogP contribution is 2.19. The first-order valence-corrected chi connectivity index (χ1v) is 8.65. The number of nitro groups is 1. The van der Waals surface area contributed by atoms with E-state index in [2.05, 4.69) is 5.32 Å². The van der Waals surface area contributed by atoms with Gasteiger partial charge in [-0.15, -0.1) is 0 Å². The van der Waals surface area contributed by atoms with Gasteiger partial charge in [0, 0.05) is 23.7 Å². The van der Waals surface area contributed by atoms with Crippen molar-refractivity contribution in [1.29, 1.82) is 0 Å². The minimum Gasteiger partial charge on any atom is -0.491 e. The van der Waals surface area contributed by atoms with Crippen LogP contribution < -0.4 is 10.1 Å². The zero-order valence-electron chi connectivity index (χ0n) is 15.3. The summed E-state index contributed by atoms with van der Waals surface area (Å²) in [6.45, 7) is 6.15. The molecule has 0 atom stereocenters. The van der Waals surface area contributed by atoms with E-state index in [-0.39, 0.29) is 17.7 Å². The average molecular weight is 356 g/mol. The van der Waals surface area contributed by atoms with Crippen LogP contribution in [0.3, 0.4) is 0 Å². The molecule has 0 aliphatic carbocycles. The zero-order chi connectivity index (χ0) is 19.1. The van der Waals surface area contributed by atoms with Gasteiger partial charge >= 0.3 is 0 Å². The molecule has 1 amide bonds. The number of rotatable bonds is 8. The largest absolute Gasteiger partial charge is 0.491 e. The molecule has 0 fully saturated rings. The molecule has 0 aliphatic heterocycles. The van der Waals surface area contributed by atoms with Gasteiger partial charge in [-0.3, -0.25) is 14.9 Å². The zero-order valence-corrected chi connectivity index (χ0v) is 15.3. The van der Waals surface area contributed by atoms with E-state index in [1.54, 1.807) is 13.0 Å². The van der Waals surface area contributed by atoms with Crippen LogP contribution in [0.25, 0.3) is 0 Å². The first kappa shape index (κ1) is 19.4. The van der Waals surface area contributed by atoms with E-state index in [1.807, 2.05) is 38.1 Å². The summed E-state index contributed by atoms with van der Waals surface area (Å²) in [5.74, 6) is 0.634. The van der Waals surface area contributed by atoms with Crippen molar-refractivity contribution in [3.8, 4) is 5.75 Å². The average Bonchev–Trinajstić information content (AvgIpc) is 2.59. The van der Waals surface area contributed by atoms with Crippen molar-refractivity contribution in [2.24, 2.45) is 0 Å². The number of carbonyl (C=O) groups is 1. The van der Waals surface area contributed by atoms with Crippen molar-refractivity contribution in [2.45, 2.75) is 39.7 Å². The van der Waals surface area contributed by atoms with Gasteiger partial charge in [0.1, 0.15) is 5.75 Å². The normalized spacial score (nSPS) is 10.6. The molecule has 6 nitrogen and oxygen atoms in total. The van der Waals surface area contributed by atoms with Crippen molar-refractivity contribution in [1.82, 2.24) is 5.32 Å². The second kappa shape index (κ2) is 8.99. The Morgan fingerprint density at radius 3 is 2.46 bits per heavy atom. The van der Waals surface area contributed by atoms with Gasteiger partial charge in [0.05, 0.1) is 11.0 Å². The molecule has 2 aromatic carbocycles. The number of benzene rings is 2. The lowest BCUT2D eigenvalue weighted by molar-refractivity contribution is -0.385. The Balaban J connectivity index is 1.79. The van der Waals surface area contributed by atoms with Gasteiger partial charge in [-0.2, -0.15) is 0 Å². The third-order valence-electron chi connectivity index (χ3n) is 3.88. The monoisotopic (exact) mass is 356 g/mol. The molecule has 0 heterocycles. The summed E-state index contributed by atoms with van der Waals surface area (Å²) in [4.78, 5) is 22.5. The topological polar surface area (TPSA) is 81.5 Å². The minimum absolute atomic E-state index is 0.0199. The Hall–Kier alpha value is -2.89. The highest BCUT2D eigenvalue weighted by Gasteiger charge is 2.13. The van der Waals surface area contributed by atoms with Crippen LogP contribution in [0, 0.1) is 17.0 Å². The van der Waals surface area contributed by atoms with Crippen molar-refractivity contribution in [3.63, 3.8) is 0 Å². The van der Waals surface area contributed by atoms with Crippen LogP contribution in [0.5, 0.6) is 5.75 Å². The van der Waals surface area contributed by atoms with Gasteiger partial charge in [0.25, 0.3) is 11.6 Å².